The lowest BCUT2D eigenvalue weighted by Gasteiger charge is -2.30. The molecule has 6 N–H and O–H groups in total. The molecule has 0 spiro atoms. The second-order valence-corrected chi connectivity index (χ2v) is 10.0. The van der Waals surface area contributed by atoms with Crippen LogP contribution in [0.2, 0.25) is 0 Å². The first-order valence-corrected chi connectivity index (χ1v) is 11.3. The number of hydrogen-bond acceptors (Lipinski definition) is 7. The molecular formula is C24H38N4O7. The van der Waals surface area contributed by atoms with Gasteiger partial charge >= 0.3 is 6.16 Å². The van der Waals surface area contributed by atoms with Gasteiger partial charge in [0.25, 0.3) is 0 Å². The van der Waals surface area contributed by atoms with Crippen LogP contribution in [-0.2, 0) is 30.5 Å². The normalized spacial score (nSPS) is 12.6. The molecule has 0 saturated carbocycles. The fourth-order valence-corrected chi connectivity index (χ4v) is 2.89. The van der Waals surface area contributed by atoms with Gasteiger partial charge in [-0.15, -0.1) is 0 Å². The van der Waals surface area contributed by atoms with Crippen molar-refractivity contribution in [1.82, 2.24) is 10.6 Å². The predicted octanol–water partition coefficient (Wildman–Crippen LogP) is 2.00. The summed E-state index contributed by atoms with van der Waals surface area (Å²) in [6, 6.07) is 5.58. The number of carbonyl (C=O) groups excluding carboxylic acids is 3. The second kappa shape index (κ2) is 13.1. The molecule has 3 amide bonds. The smallest absolute Gasteiger partial charge is 0.450 e. The zero-order valence-corrected chi connectivity index (χ0v) is 21.3. The highest BCUT2D eigenvalue weighted by Gasteiger charge is 2.29. The van der Waals surface area contributed by atoms with E-state index in [2.05, 4.69) is 20.7 Å². The van der Waals surface area contributed by atoms with Gasteiger partial charge < -0.3 is 36.3 Å². The summed E-state index contributed by atoms with van der Waals surface area (Å²) in [5.74, 6) is -1.50. The van der Waals surface area contributed by atoms with Gasteiger partial charge in [-0.3, -0.25) is 14.4 Å². The Balaban J connectivity index is 2.57. The topological polar surface area (TPSA) is 169 Å². The standard InChI is InChI=1S/C24H38N4O7/c1-15(2)20(28-18(29)11-24(5,6)35-14-23(3,4)25)21(31)26-12-19(30)27-17-9-7-16(8-10-17)13-34-22(32)33/h7-10,15,20H,11-14,25H2,1-6H3,(H,26,31)(H,27,30)(H,28,29)(H,32,33). The monoisotopic (exact) mass is 494 g/mol. The maximum Gasteiger partial charge on any atom is 0.506 e. The predicted molar refractivity (Wildman–Crippen MR) is 131 cm³/mol. The van der Waals surface area contributed by atoms with Gasteiger partial charge in [0.05, 0.1) is 25.2 Å². The lowest BCUT2D eigenvalue weighted by molar-refractivity contribution is -0.134. The first-order valence-electron chi connectivity index (χ1n) is 11.3. The van der Waals surface area contributed by atoms with Gasteiger partial charge in [-0.25, -0.2) is 4.79 Å². The maximum absolute atomic E-state index is 12.7. The van der Waals surface area contributed by atoms with Crippen molar-refractivity contribution in [3.05, 3.63) is 29.8 Å². The molecule has 0 aliphatic rings. The SMILES string of the molecule is CC(C)C(NC(=O)CC(C)(C)OCC(C)(C)N)C(=O)NCC(=O)Nc1ccc(COC(=O)O)cc1. The van der Waals surface area contributed by atoms with E-state index in [0.29, 0.717) is 11.3 Å². The van der Waals surface area contributed by atoms with E-state index in [1.807, 2.05) is 13.8 Å². The van der Waals surface area contributed by atoms with Crippen LogP contribution < -0.4 is 21.7 Å². The largest absolute Gasteiger partial charge is 0.506 e. The van der Waals surface area contributed by atoms with Crippen LogP contribution in [-0.4, -0.2) is 59.3 Å². The van der Waals surface area contributed by atoms with E-state index in [4.69, 9.17) is 15.6 Å². The van der Waals surface area contributed by atoms with Gasteiger partial charge in [0.1, 0.15) is 12.6 Å². The van der Waals surface area contributed by atoms with Crippen LogP contribution in [0.15, 0.2) is 24.3 Å². The Labute approximate surface area is 206 Å². The third-order valence-electron chi connectivity index (χ3n) is 4.71. The molecule has 1 aromatic carbocycles. The zero-order chi connectivity index (χ0) is 26.8. The van der Waals surface area contributed by atoms with Crippen LogP contribution >= 0.6 is 0 Å². The van der Waals surface area contributed by atoms with Crippen molar-refractivity contribution in [3.63, 3.8) is 0 Å². The summed E-state index contributed by atoms with van der Waals surface area (Å²) in [4.78, 5) is 47.9. The molecule has 0 aromatic heterocycles. The number of nitrogens with two attached hydrogens (primary N) is 1. The molecule has 1 aromatic rings. The molecule has 0 fully saturated rings. The van der Waals surface area contributed by atoms with Crippen molar-refractivity contribution in [1.29, 1.82) is 0 Å². The van der Waals surface area contributed by atoms with E-state index in [1.165, 1.54) is 0 Å². The van der Waals surface area contributed by atoms with Crippen LogP contribution in [0, 0.1) is 5.92 Å². The number of carbonyl (C=O) groups is 4. The fraction of sp³-hybridized carbons (Fsp3) is 0.583. The van der Waals surface area contributed by atoms with Crippen LogP contribution in [0.25, 0.3) is 0 Å². The first kappa shape index (κ1) is 29.9. The summed E-state index contributed by atoms with van der Waals surface area (Å²) >= 11 is 0. The van der Waals surface area contributed by atoms with Gasteiger partial charge in [0, 0.05) is 11.2 Å². The summed E-state index contributed by atoms with van der Waals surface area (Å²) in [5.41, 5.74) is 5.72. The number of anilines is 1. The fourth-order valence-electron chi connectivity index (χ4n) is 2.89. The van der Waals surface area contributed by atoms with E-state index in [1.54, 1.807) is 52.0 Å². The van der Waals surface area contributed by atoms with E-state index in [0.717, 1.165) is 0 Å². The number of hydrogen-bond donors (Lipinski definition) is 5. The molecule has 0 heterocycles. The molecule has 11 heteroatoms. The molecule has 0 bridgehead atoms. The minimum absolute atomic E-state index is 0.0353. The maximum atomic E-state index is 12.7. The minimum atomic E-state index is -1.37. The Bertz CT molecular complexity index is 877. The molecule has 1 rings (SSSR count). The van der Waals surface area contributed by atoms with Crippen molar-refractivity contribution in [2.24, 2.45) is 11.7 Å². The van der Waals surface area contributed by atoms with Gasteiger partial charge in [0.2, 0.25) is 17.7 Å². The average Bonchev–Trinajstić information content (AvgIpc) is 2.73. The number of benzene rings is 1. The molecule has 0 aliphatic heterocycles. The highest BCUT2D eigenvalue weighted by Crippen LogP contribution is 2.17. The molecule has 11 nitrogen and oxygen atoms in total. The Morgan fingerprint density at radius 2 is 1.63 bits per heavy atom. The third-order valence-corrected chi connectivity index (χ3v) is 4.71. The van der Waals surface area contributed by atoms with Crippen LogP contribution in [0.5, 0.6) is 0 Å². The molecule has 0 aliphatic carbocycles. The molecular weight excluding hydrogens is 456 g/mol. The highest BCUT2D eigenvalue weighted by molar-refractivity contribution is 5.96. The van der Waals surface area contributed by atoms with Crippen LogP contribution in [0.4, 0.5) is 10.5 Å². The van der Waals surface area contributed by atoms with E-state index in [9.17, 15) is 19.2 Å². The Morgan fingerprint density at radius 3 is 2.14 bits per heavy atom. The third kappa shape index (κ3) is 12.7. The lowest BCUT2D eigenvalue weighted by atomic mass is 10.00. The highest BCUT2D eigenvalue weighted by atomic mass is 16.7. The van der Waals surface area contributed by atoms with E-state index < -0.39 is 35.2 Å². The summed E-state index contributed by atoms with van der Waals surface area (Å²) in [6.07, 6.45) is -1.34. The molecule has 1 atom stereocenters. The number of amides is 3. The van der Waals surface area contributed by atoms with Crippen molar-refractivity contribution in [2.75, 3.05) is 18.5 Å². The Hall–Kier alpha value is -3.18. The Morgan fingerprint density at radius 1 is 1.03 bits per heavy atom. The summed E-state index contributed by atoms with van der Waals surface area (Å²) in [7, 11) is 0. The van der Waals surface area contributed by atoms with Crippen molar-refractivity contribution in [2.45, 2.75) is 71.8 Å². The lowest BCUT2D eigenvalue weighted by Crippen LogP contribution is -2.52. The van der Waals surface area contributed by atoms with Crippen molar-refractivity contribution >= 4 is 29.6 Å². The van der Waals surface area contributed by atoms with Crippen LogP contribution in [0.3, 0.4) is 0 Å². The number of ether oxygens (including phenoxy) is 2. The quantitative estimate of drug-likeness (QED) is 0.259. The van der Waals surface area contributed by atoms with Gasteiger partial charge in [0.15, 0.2) is 0 Å². The average molecular weight is 495 g/mol. The van der Waals surface area contributed by atoms with Crippen LogP contribution in [0.1, 0.15) is 53.5 Å². The van der Waals surface area contributed by atoms with Gasteiger partial charge in [-0.1, -0.05) is 26.0 Å². The first-order chi connectivity index (χ1) is 16.1. The summed E-state index contributed by atoms with van der Waals surface area (Å²) in [6.45, 7) is 10.7. The molecule has 196 valence electrons. The Kier molecular flexibility index (Phi) is 11.1. The second-order valence-electron chi connectivity index (χ2n) is 10.0. The zero-order valence-electron chi connectivity index (χ0n) is 21.3. The number of nitrogens with one attached hydrogen (secondary N) is 3. The van der Waals surface area contributed by atoms with Crippen molar-refractivity contribution in [3.8, 4) is 0 Å². The van der Waals surface area contributed by atoms with Crippen molar-refractivity contribution < 1.29 is 33.8 Å². The minimum Gasteiger partial charge on any atom is -0.450 e. The molecule has 35 heavy (non-hydrogen) atoms. The molecule has 0 radical (unpaired) electrons. The van der Waals surface area contributed by atoms with E-state index >= 15 is 0 Å². The molecule has 0 saturated heterocycles. The van der Waals surface area contributed by atoms with E-state index in [-0.39, 0.29) is 38.0 Å². The summed E-state index contributed by atoms with van der Waals surface area (Å²) in [5, 5.41) is 16.4. The number of carboxylic acid groups (broad SMARTS) is 1. The number of rotatable bonds is 13. The summed E-state index contributed by atoms with van der Waals surface area (Å²) < 4.78 is 10.2. The van der Waals surface area contributed by atoms with Gasteiger partial charge in [-0.2, -0.15) is 0 Å². The van der Waals surface area contributed by atoms with Gasteiger partial charge in [-0.05, 0) is 51.3 Å². The molecule has 1 unspecified atom stereocenters.